The van der Waals surface area contributed by atoms with Gasteiger partial charge in [0.05, 0.1) is 6.33 Å². The lowest BCUT2D eigenvalue weighted by molar-refractivity contribution is -0.118. The Labute approximate surface area is 130 Å². The highest BCUT2D eigenvalue weighted by Gasteiger charge is 2.16. The molecule has 5 nitrogen and oxygen atoms in total. The minimum atomic E-state index is 0.114. The topological polar surface area (TPSA) is 61.0 Å². The van der Waals surface area contributed by atoms with E-state index in [4.69, 9.17) is 0 Å². The summed E-state index contributed by atoms with van der Waals surface area (Å²) in [6.07, 6.45) is 7.04. The second-order valence-corrected chi connectivity index (χ2v) is 5.40. The first kappa shape index (κ1) is 14.4. The van der Waals surface area contributed by atoms with Gasteiger partial charge in [0.15, 0.2) is 0 Å². The molecule has 0 unspecified atom stereocenters. The summed E-state index contributed by atoms with van der Waals surface area (Å²) in [6, 6.07) is 6.11. The smallest absolute Gasteiger partial charge is 0.226 e. The summed E-state index contributed by atoms with van der Waals surface area (Å²) in [5, 5.41) is 3.38. The molecule has 3 rings (SSSR count). The fraction of sp³-hybridized carbons (Fsp3) is 0.294. The van der Waals surface area contributed by atoms with Crippen molar-refractivity contribution < 1.29 is 4.79 Å². The number of benzene rings is 1. The van der Waals surface area contributed by atoms with Crippen LogP contribution < -0.4 is 10.2 Å². The maximum Gasteiger partial charge on any atom is 0.226 e. The van der Waals surface area contributed by atoms with Gasteiger partial charge in [-0.25, -0.2) is 4.98 Å². The number of aromatic nitrogens is 2. The quantitative estimate of drug-likeness (QED) is 0.912. The predicted molar refractivity (Wildman–Crippen MR) is 88.9 cm³/mol. The van der Waals surface area contributed by atoms with Gasteiger partial charge in [-0.3, -0.25) is 4.79 Å². The van der Waals surface area contributed by atoms with Gasteiger partial charge in [-0.05, 0) is 23.8 Å². The van der Waals surface area contributed by atoms with E-state index in [9.17, 15) is 4.79 Å². The molecule has 1 aliphatic heterocycles. The third-order valence-corrected chi connectivity index (χ3v) is 3.99. The molecule has 0 bridgehead atoms. The molecule has 1 aromatic heterocycles. The van der Waals surface area contributed by atoms with Crippen molar-refractivity contribution in [1.29, 1.82) is 0 Å². The standard InChI is InChI=1S/C17H20N4O/c1-3-17(22)21(2)14-4-5-16-15(9-14)12(6-7-19-16)8-13-10-18-11-20-13/h4-6,9-11,19H,3,7-8H2,1-2H3,(H,18,20). The third-order valence-electron chi connectivity index (χ3n) is 3.99. The average molecular weight is 296 g/mol. The van der Waals surface area contributed by atoms with Gasteiger partial charge in [0.2, 0.25) is 5.91 Å². The van der Waals surface area contributed by atoms with Crippen LogP contribution in [0, 0.1) is 0 Å². The van der Waals surface area contributed by atoms with Crippen molar-refractivity contribution >= 4 is 22.9 Å². The number of hydrogen-bond donors (Lipinski definition) is 2. The van der Waals surface area contributed by atoms with Crippen LogP contribution in [0.15, 0.2) is 36.8 Å². The average Bonchev–Trinajstić information content (AvgIpc) is 3.06. The molecule has 1 aromatic carbocycles. The lowest BCUT2D eigenvalue weighted by Gasteiger charge is -2.23. The van der Waals surface area contributed by atoms with Gasteiger partial charge in [-0.15, -0.1) is 0 Å². The highest BCUT2D eigenvalue weighted by Crippen LogP contribution is 2.33. The molecular formula is C17H20N4O. The van der Waals surface area contributed by atoms with Gasteiger partial charge in [0.1, 0.15) is 0 Å². The molecule has 0 aliphatic carbocycles. The number of carbonyl (C=O) groups is 1. The number of carbonyl (C=O) groups excluding carboxylic acids is 1. The van der Waals surface area contributed by atoms with Gasteiger partial charge in [0, 0.05) is 55.3 Å². The lowest BCUT2D eigenvalue weighted by atomic mass is 9.96. The van der Waals surface area contributed by atoms with Crippen LogP contribution in [-0.2, 0) is 11.2 Å². The fourth-order valence-corrected chi connectivity index (χ4v) is 2.69. The Kier molecular flexibility index (Phi) is 3.96. The van der Waals surface area contributed by atoms with E-state index in [-0.39, 0.29) is 5.91 Å². The third kappa shape index (κ3) is 2.74. The fourth-order valence-electron chi connectivity index (χ4n) is 2.69. The second-order valence-electron chi connectivity index (χ2n) is 5.40. The van der Waals surface area contributed by atoms with Crippen molar-refractivity contribution in [2.45, 2.75) is 19.8 Å². The highest BCUT2D eigenvalue weighted by molar-refractivity contribution is 5.94. The first-order valence-corrected chi connectivity index (χ1v) is 7.50. The van der Waals surface area contributed by atoms with E-state index < -0.39 is 0 Å². The van der Waals surface area contributed by atoms with Crippen LogP contribution in [0.3, 0.4) is 0 Å². The number of nitrogens with one attached hydrogen (secondary N) is 2. The molecule has 1 aliphatic rings. The largest absolute Gasteiger partial charge is 0.381 e. The number of allylic oxidation sites excluding steroid dienone is 1. The Balaban J connectivity index is 1.92. The van der Waals surface area contributed by atoms with Crippen LogP contribution in [0.25, 0.3) is 5.57 Å². The Morgan fingerprint density at radius 1 is 1.41 bits per heavy atom. The summed E-state index contributed by atoms with van der Waals surface area (Å²) in [5.41, 5.74) is 5.51. The summed E-state index contributed by atoms with van der Waals surface area (Å²) in [4.78, 5) is 20.8. The monoisotopic (exact) mass is 296 g/mol. The molecule has 114 valence electrons. The zero-order chi connectivity index (χ0) is 15.5. The number of amides is 1. The number of rotatable bonds is 4. The Bertz CT molecular complexity index is 703. The number of anilines is 2. The molecule has 22 heavy (non-hydrogen) atoms. The van der Waals surface area contributed by atoms with Crippen molar-refractivity contribution in [3.05, 3.63) is 48.1 Å². The van der Waals surface area contributed by atoms with E-state index in [1.54, 1.807) is 11.2 Å². The van der Waals surface area contributed by atoms with Gasteiger partial charge in [-0.2, -0.15) is 0 Å². The van der Waals surface area contributed by atoms with Crippen LogP contribution in [0.1, 0.15) is 24.6 Å². The van der Waals surface area contributed by atoms with Gasteiger partial charge in [0.25, 0.3) is 0 Å². The van der Waals surface area contributed by atoms with Crippen LogP contribution in [0.5, 0.6) is 0 Å². The number of H-pyrrole nitrogens is 1. The Hall–Kier alpha value is -2.56. The molecule has 2 aromatic rings. The molecule has 2 heterocycles. The van der Waals surface area contributed by atoms with E-state index in [2.05, 4.69) is 27.4 Å². The molecule has 0 spiro atoms. The van der Waals surface area contributed by atoms with Crippen LogP contribution in [-0.4, -0.2) is 29.5 Å². The molecule has 0 saturated heterocycles. The summed E-state index contributed by atoms with van der Waals surface area (Å²) < 4.78 is 0. The first-order valence-electron chi connectivity index (χ1n) is 7.50. The van der Waals surface area contributed by atoms with Crippen molar-refractivity contribution in [3.8, 4) is 0 Å². The summed E-state index contributed by atoms with van der Waals surface area (Å²) in [7, 11) is 1.82. The highest BCUT2D eigenvalue weighted by atomic mass is 16.2. The van der Waals surface area contributed by atoms with E-state index >= 15 is 0 Å². The summed E-state index contributed by atoms with van der Waals surface area (Å²) in [6.45, 7) is 2.70. The van der Waals surface area contributed by atoms with Crippen LogP contribution >= 0.6 is 0 Å². The minimum Gasteiger partial charge on any atom is -0.381 e. The zero-order valence-corrected chi connectivity index (χ0v) is 12.9. The molecule has 0 saturated carbocycles. The van der Waals surface area contributed by atoms with Crippen molar-refractivity contribution in [1.82, 2.24) is 9.97 Å². The van der Waals surface area contributed by atoms with Crippen LogP contribution in [0.2, 0.25) is 0 Å². The number of hydrogen-bond acceptors (Lipinski definition) is 3. The molecule has 0 radical (unpaired) electrons. The van der Waals surface area contributed by atoms with E-state index in [0.29, 0.717) is 6.42 Å². The van der Waals surface area contributed by atoms with Crippen molar-refractivity contribution in [3.63, 3.8) is 0 Å². The summed E-state index contributed by atoms with van der Waals surface area (Å²) >= 11 is 0. The SMILES string of the molecule is CCC(=O)N(C)c1ccc2c(c1)C(Cc1cnc[nH]1)=CCN2. The molecular weight excluding hydrogens is 276 g/mol. The van der Waals surface area contributed by atoms with Crippen molar-refractivity contribution in [2.24, 2.45) is 0 Å². The molecule has 2 N–H and O–H groups in total. The first-order chi connectivity index (χ1) is 10.7. The van der Waals surface area contributed by atoms with Crippen LogP contribution in [0.4, 0.5) is 11.4 Å². The molecule has 1 amide bonds. The molecule has 0 fully saturated rings. The van der Waals surface area contributed by atoms with Crippen molar-refractivity contribution in [2.75, 3.05) is 23.8 Å². The maximum absolute atomic E-state index is 11.9. The normalized spacial score (nSPS) is 13.1. The van der Waals surface area contributed by atoms with E-state index in [1.165, 1.54) is 5.57 Å². The minimum absolute atomic E-state index is 0.114. The van der Waals surface area contributed by atoms with Gasteiger partial charge in [-0.1, -0.05) is 13.0 Å². The number of aromatic amines is 1. The summed E-state index contributed by atoms with van der Waals surface area (Å²) in [5.74, 6) is 0.114. The Morgan fingerprint density at radius 2 is 2.27 bits per heavy atom. The zero-order valence-electron chi connectivity index (χ0n) is 12.9. The maximum atomic E-state index is 11.9. The molecule has 0 atom stereocenters. The van der Waals surface area contributed by atoms with E-state index in [0.717, 1.165) is 35.6 Å². The predicted octanol–water partition coefficient (Wildman–Crippen LogP) is 2.83. The second kappa shape index (κ2) is 6.05. The van der Waals surface area contributed by atoms with Gasteiger partial charge < -0.3 is 15.2 Å². The van der Waals surface area contributed by atoms with E-state index in [1.807, 2.05) is 32.3 Å². The number of imidazole rings is 1. The molecule has 5 heteroatoms. The number of fused-ring (bicyclic) bond motifs is 1. The lowest BCUT2D eigenvalue weighted by Crippen LogP contribution is -2.25. The Morgan fingerprint density at radius 3 is 3.00 bits per heavy atom. The van der Waals surface area contributed by atoms with Gasteiger partial charge >= 0.3 is 0 Å². The number of nitrogens with zero attached hydrogens (tertiary/aromatic N) is 2.